The molecular formula is C19H16N4OS. The fraction of sp³-hybridized carbons (Fsp3) is 0.105. The predicted octanol–water partition coefficient (Wildman–Crippen LogP) is 4.37. The molecule has 2 aromatic carbocycles. The molecule has 0 unspecified atom stereocenters. The highest BCUT2D eigenvalue weighted by atomic mass is 32.1. The van der Waals surface area contributed by atoms with Gasteiger partial charge in [0.25, 0.3) is 0 Å². The summed E-state index contributed by atoms with van der Waals surface area (Å²) in [5.74, 6) is 1.58. The van der Waals surface area contributed by atoms with Crippen molar-refractivity contribution in [2.24, 2.45) is 7.05 Å². The number of benzene rings is 2. The zero-order valence-corrected chi connectivity index (χ0v) is 14.7. The van der Waals surface area contributed by atoms with Gasteiger partial charge in [-0.25, -0.2) is 4.98 Å². The van der Waals surface area contributed by atoms with Crippen LogP contribution in [-0.2, 0) is 7.05 Å². The molecule has 0 fully saturated rings. The Morgan fingerprint density at radius 1 is 1.08 bits per heavy atom. The number of fused-ring (bicyclic) bond motifs is 1. The van der Waals surface area contributed by atoms with Crippen molar-refractivity contribution in [2.75, 3.05) is 7.11 Å². The third-order valence-corrected chi connectivity index (χ3v) is 4.57. The number of nitrogens with one attached hydrogen (secondary N) is 1. The molecule has 25 heavy (non-hydrogen) atoms. The average Bonchev–Trinajstić information content (AvgIpc) is 2.99. The van der Waals surface area contributed by atoms with Crippen molar-refractivity contribution in [3.05, 3.63) is 59.4 Å². The van der Waals surface area contributed by atoms with Gasteiger partial charge in [-0.3, -0.25) is 5.10 Å². The van der Waals surface area contributed by atoms with Crippen LogP contribution in [0.3, 0.4) is 0 Å². The molecular weight excluding hydrogens is 332 g/mol. The smallest absolute Gasteiger partial charge is 0.195 e. The largest absolute Gasteiger partial charge is 0.497 e. The standard InChI is InChI=1S/C19H16N4OS/c1-23-18(21-22-19(23)25)15-11-17(12-6-5-7-13(10-12)24-2)20-16-9-4-3-8-14(15)16/h3-11H,1-2H3,(H,22,25). The van der Waals surface area contributed by atoms with Gasteiger partial charge in [-0.05, 0) is 36.5 Å². The number of pyridine rings is 1. The Labute approximate surface area is 149 Å². The topological polar surface area (TPSA) is 55.7 Å². The number of hydrogen-bond acceptors (Lipinski definition) is 4. The van der Waals surface area contributed by atoms with E-state index < -0.39 is 0 Å². The summed E-state index contributed by atoms with van der Waals surface area (Å²) in [4.78, 5) is 4.81. The number of aromatic nitrogens is 4. The second-order valence-corrected chi connectivity index (χ2v) is 6.10. The Hall–Kier alpha value is -2.99. The van der Waals surface area contributed by atoms with Gasteiger partial charge in [0, 0.05) is 23.6 Å². The van der Waals surface area contributed by atoms with Gasteiger partial charge in [-0.1, -0.05) is 30.3 Å². The van der Waals surface area contributed by atoms with Crippen molar-refractivity contribution >= 4 is 23.1 Å². The Kier molecular flexibility index (Phi) is 3.82. The summed E-state index contributed by atoms with van der Waals surface area (Å²) in [6, 6.07) is 18.0. The lowest BCUT2D eigenvalue weighted by Gasteiger charge is -2.10. The Morgan fingerprint density at radius 2 is 1.92 bits per heavy atom. The first-order chi connectivity index (χ1) is 12.2. The van der Waals surface area contributed by atoms with Gasteiger partial charge >= 0.3 is 0 Å². The van der Waals surface area contributed by atoms with Crippen molar-refractivity contribution < 1.29 is 4.74 Å². The Bertz CT molecular complexity index is 1130. The monoisotopic (exact) mass is 348 g/mol. The van der Waals surface area contributed by atoms with E-state index in [2.05, 4.69) is 10.2 Å². The average molecular weight is 348 g/mol. The van der Waals surface area contributed by atoms with Gasteiger partial charge in [-0.15, -0.1) is 0 Å². The van der Waals surface area contributed by atoms with Crippen molar-refractivity contribution in [2.45, 2.75) is 0 Å². The second-order valence-electron chi connectivity index (χ2n) is 5.72. The van der Waals surface area contributed by atoms with Crippen LogP contribution in [0.2, 0.25) is 0 Å². The van der Waals surface area contributed by atoms with Gasteiger partial charge < -0.3 is 9.30 Å². The van der Waals surface area contributed by atoms with E-state index in [9.17, 15) is 0 Å². The summed E-state index contributed by atoms with van der Waals surface area (Å²) in [7, 11) is 3.56. The summed E-state index contributed by atoms with van der Waals surface area (Å²) < 4.78 is 7.79. The molecule has 4 aromatic rings. The van der Waals surface area contributed by atoms with Crippen LogP contribution in [0, 0.1) is 4.77 Å². The van der Waals surface area contributed by atoms with Crippen LogP contribution in [0.15, 0.2) is 54.6 Å². The molecule has 0 bridgehead atoms. The maximum atomic E-state index is 5.34. The molecule has 0 amide bonds. The zero-order valence-electron chi connectivity index (χ0n) is 13.9. The van der Waals surface area contributed by atoms with E-state index in [-0.39, 0.29) is 0 Å². The van der Waals surface area contributed by atoms with E-state index in [1.54, 1.807) is 7.11 Å². The summed E-state index contributed by atoms with van der Waals surface area (Å²) >= 11 is 5.27. The highest BCUT2D eigenvalue weighted by Crippen LogP contribution is 2.31. The fourth-order valence-electron chi connectivity index (χ4n) is 2.88. The van der Waals surface area contributed by atoms with Crippen molar-refractivity contribution in [3.63, 3.8) is 0 Å². The molecule has 2 aromatic heterocycles. The summed E-state index contributed by atoms with van der Waals surface area (Å²) in [5, 5.41) is 8.28. The van der Waals surface area contributed by atoms with Crippen LogP contribution in [0.4, 0.5) is 0 Å². The minimum absolute atomic E-state index is 0.582. The Balaban J connectivity index is 2.01. The molecule has 2 heterocycles. The summed E-state index contributed by atoms with van der Waals surface area (Å²) in [6.45, 7) is 0. The van der Waals surface area contributed by atoms with Crippen molar-refractivity contribution in [1.29, 1.82) is 0 Å². The molecule has 0 aliphatic carbocycles. The van der Waals surface area contributed by atoms with E-state index in [1.165, 1.54) is 0 Å². The third kappa shape index (κ3) is 2.70. The minimum Gasteiger partial charge on any atom is -0.497 e. The quantitative estimate of drug-likeness (QED) is 0.559. The SMILES string of the molecule is COc1cccc(-c2cc(-c3n[nH]c(=S)n3C)c3ccccc3n2)c1. The predicted molar refractivity (Wildman–Crippen MR) is 101 cm³/mol. The van der Waals surface area contributed by atoms with E-state index in [0.29, 0.717) is 4.77 Å². The lowest BCUT2D eigenvalue weighted by molar-refractivity contribution is 0.415. The molecule has 4 rings (SSSR count). The first-order valence-electron chi connectivity index (χ1n) is 7.83. The maximum Gasteiger partial charge on any atom is 0.195 e. The van der Waals surface area contributed by atoms with Gasteiger partial charge in [0.1, 0.15) is 5.75 Å². The molecule has 0 saturated carbocycles. The molecule has 6 heteroatoms. The molecule has 0 aliphatic heterocycles. The second kappa shape index (κ2) is 6.14. The number of nitrogens with zero attached hydrogens (tertiary/aromatic N) is 3. The normalized spacial score (nSPS) is 11.0. The summed E-state index contributed by atoms with van der Waals surface area (Å²) in [6.07, 6.45) is 0. The maximum absolute atomic E-state index is 5.34. The fourth-order valence-corrected chi connectivity index (χ4v) is 3.01. The Morgan fingerprint density at radius 3 is 2.68 bits per heavy atom. The number of aromatic amines is 1. The minimum atomic E-state index is 0.582. The zero-order chi connectivity index (χ0) is 17.4. The highest BCUT2D eigenvalue weighted by molar-refractivity contribution is 7.71. The van der Waals surface area contributed by atoms with E-state index in [0.717, 1.165) is 39.3 Å². The van der Waals surface area contributed by atoms with Gasteiger partial charge in [0.15, 0.2) is 10.6 Å². The number of rotatable bonds is 3. The molecule has 5 nitrogen and oxygen atoms in total. The molecule has 1 N–H and O–H groups in total. The lowest BCUT2D eigenvalue weighted by Crippen LogP contribution is -1.96. The van der Waals surface area contributed by atoms with Gasteiger partial charge in [-0.2, -0.15) is 5.10 Å². The number of para-hydroxylation sites is 1. The van der Waals surface area contributed by atoms with Crippen molar-refractivity contribution in [1.82, 2.24) is 19.7 Å². The van der Waals surface area contributed by atoms with Crippen LogP contribution in [0.1, 0.15) is 0 Å². The van der Waals surface area contributed by atoms with Gasteiger partial charge in [0.2, 0.25) is 0 Å². The van der Waals surface area contributed by atoms with Crippen LogP contribution >= 0.6 is 12.2 Å². The van der Waals surface area contributed by atoms with E-state index >= 15 is 0 Å². The number of ether oxygens (including phenoxy) is 1. The molecule has 0 atom stereocenters. The first-order valence-corrected chi connectivity index (χ1v) is 8.24. The number of H-pyrrole nitrogens is 1. The van der Waals surface area contributed by atoms with Crippen LogP contribution in [0.25, 0.3) is 33.5 Å². The van der Waals surface area contributed by atoms with E-state index in [4.69, 9.17) is 21.9 Å². The first kappa shape index (κ1) is 15.5. The lowest BCUT2D eigenvalue weighted by atomic mass is 10.0. The molecule has 0 aliphatic rings. The number of hydrogen-bond donors (Lipinski definition) is 1. The van der Waals surface area contributed by atoms with Crippen LogP contribution in [0.5, 0.6) is 5.75 Å². The molecule has 0 radical (unpaired) electrons. The summed E-state index contributed by atoms with van der Waals surface area (Å²) in [5.41, 5.74) is 3.75. The molecule has 0 spiro atoms. The molecule has 0 saturated heterocycles. The van der Waals surface area contributed by atoms with Crippen LogP contribution in [-0.4, -0.2) is 26.9 Å². The van der Waals surface area contributed by atoms with Gasteiger partial charge in [0.05, 0.1) is 18.3 Å². The third-order valence-electron chi connectivity index (χ3n) is 4.20. The molecule has 124 valence electrons. The van der Waals surface area contributed by atoms with E-state index in [1.807, 2.05) is 66.2 Å². The van der Waals surface area contributed by atoms with Crippen molar-refractivity contribution in [3.8, 4) is 28.4 Å². The highest BCUT2D eigenvalue weighted by Gasteiger charge is 2.13. The number of methoxy groups -OCH3 is 1. The van der Waals surface area contributed by atoms with Crippen LogP contribution < -0.4 is 4.74 Å².